The molecular weight excluding hydrogens is 320 g/mol. The molecule has 136 valence electrons. The van der Waals surface area contributed by atoms with Crippen LogP contribution in [0.2, 0.25) is 0 Å². The number of benzene rings is 2. The molecule has 1 saturated heterocycles. The molecule has 0 bridgehead atoms. The van der Waals surface area contributed by atoms with Crippen LogP contribution in [-0.2, 0) is 16.8 Å². The summed E-state index contributed by atoms with van der Waals surface area (Å²) in [5.74, 6) is 0.250. The van der Waals surface area contributed by atoms with Crippen LogP contribution in [0.4, 0.5) is 5.69 Å². The molecule has 2 heterocycles. The average molecular weight is 348 g/mol. The Morgan fingerprint density at radius 2 is 1.62 bits per heavy atom. The van der Waals surface area contributed by atoms with Gasteiger partial charge in [-0.1, -0.05) is 55.0 Å². The second-order valence-electron chi connectivity index (χ2n) is 7.88. The Hall–Kier alpha value is -2.13. The fourth-order valence-electron chi connectivity index (χ4n) is 4.43. The Morgan fingerprint density at radius 1 is 0.923 bits per heavy atom. The first kappa shape index (κ1) is 17.3. The molecule has 0 radical (unpaired) electrons. The highest BCUT2D eigenvalue weighted by atomic mass is 16.2. The maximum absolute atomic E-state index is 13.5. The number of hydrogen-bond donors (Lipinski definition) is 0. The number of para-hydroxylation sites is 1. The third kappa shape index (κ3) is 3.16. The molecule has 0 spiro atoms. The van der Waals surface area contributed by atoms with Crippen molar-refractivity contribution in [3.05, 3.63) is 65.7 Å². The van der Waals surface area contributed by atoms with Crippen molar-refractivity contribution < 1.29 is 4.79 Å². The van der Waals surface area contributed by atoms with E-state index >= 15 is 0 Å². The van der Waals surface area contributed by atoms with Gasteiger partial charge in [-0.25, -0.2) is 0 Å². The molecule has 26 heavy (non-hydrogen) atoms. The zero-order valence-corrected chi connectivity index (χ0v) is 15.7. The van der Waals surface area contributed by atoms with Crippen molar-refractivity contribution in [2.75, 3.05) is 24.5 Å². The summed E-state index contributed by atoms with van der Waals surface area (Å²) in [6.45, 7) is 6.16. The lowest BCUT2D eigenvalue weighted by atomic mass is 9.80. The molecule has 2 aliphatic rings. The first-order chi connectivity index (χ1) is 12.7. The molecule has 2 aliphatic heterocycles. The Bertz CT molecular complexity index is 767. The normalized spacial score (nSPS) is 23.3. The number of rotatable bonds is 5. The van der Waals surface area contributed by atoms with Gasteiger partial charge < -0.3 is 9.80 Å². The Labute approximate surface area is 156 Å². The van der Waals surface area contributed by atoms with E-state index in [9.17, 15) is 4.79 Å². The van der Waals surface area contributed by atoms with E-state index < -0.39 is 5.41 Å². The molecule has 0 aliphatic carbocycles. The molecule has 1 fully saturated rings. The van der Waals surface area contributed by atoms with Crippen LogP contribution in [0.5, 0.6) is 0 Å². The van der Waals surface area contributed by atoms with E-state index in [1.54, 1.807) is 0 Å². The first-order valence-electron chi connectivity index (χ1n) is 9.86. The maximum Gasteiger partial charge on any atom is 0.237 e. The van der Waals surface area contributed by atoms with Crippen molar-refractivity contribution in [3.63, 3.8) is 0 Å². The SMILES string of the molecule is CC1(CCN2CCCCC2)C(=O)N(Cc2ccccc2)c2ccccc21. The summed E-state index contributed by atoms with van der Waals surface area (Å²) in [7, 11) is 0. The van der Waals surface area contributed by atoms with Gasteiger partial charge in [0.2, 0.25) is 5.91 Å². The molecular formula is C23H28N2O. The van der Waals surface area contributed by atoms with Crippen LogP contribution >= 0.6 is 0 Å². The second kappa shape index (κ2) is 7.24. The number of nitrogens with zero attached hydrogens (tertiary/aromatic N) is 2. The smallest absolute Gasteiger partial charge is 0.237 e. The maximum atomic E-state index is 13.5. The third-order valence-corrected chi connectivity index (χ3v) is 6.07. The van der Waals surface area contributed by atoms with Crippen LogP contribution in [0.1, 0.15) is 43.7 Å². The highest BCUT2D eigenvalue weighted by molar-refractivity contribution is 6.07. The van der Waals surface area contributed by atoms with E-state index in [1.165, 1.54) is 43.5 Å². The van der Waals surface area contributed by atoms with E-state index in [-0.39, 0.29) is 5.91 Å². The van der Waals surface area contributed by atoms with Gasteiger partial charge in [-0.3, -0.25) is 4.79 Å². The zero-order valence-electron chi connectivity index (χ0n) is 15.7. The summed E-state index contributed by atoms with van der Waals surface area (Å²) in [6, 6.07) is 18.6. The van der Waals surface area contributed by atoms with Crippen LogP contribution in [0.3, 0.4) is 0 Å². The molecule has 2 aromatic carbocycles. The zero-order chi connectivity index (χ0) is 18.0. The van der Waals surface area contributed by atoms with E-state index in [1.807, 2.05) is 29.2 Å². The number of amides is 1. The summed E-state index contributed by atoms with van der Waals surface area (Å²) >= 11 is 0. The van der Waals surface area contributed by atoms with Crippen molar-refractivity contribution in [3.8, 4) is 0 Å². The molecule has 1 unspecified atom stereocenters. The topological polar surface area (TPSA) is 23.6 Å². The minimum absolute atomic E-state index is 0.250. The number of fused-ring (bicyclic) bond motifs is 1. The molecule has 3 heteroatoms. The van der Waals surface area contributed by atoms with Gasteiger partial charge in [-0.15, -0.1) is 0 Å². The van der Waals surface area contributed by atoms with Crippen molar-refractivity contribution in [1.82, 2.24) is 4.90 Å². The molecule has 1 amide bonds. The number of carbonyl (C=O) groups excluding carboxylic acids is 1. The van der Waals surface area contributed by atoms with Crippen LogP contribution < -0.4 is 4.90 Å². The van der Waals surface area contributed by atoms with Gasteiger partial charge in [0.25, 0.3) is 0 Å². The summed E-state index contributed by atoms with van der Waals surface area (Å²) in [6.07, 6.45) is 4.83. The third-order valence-electron chi connectivity index (χ3n) is 6.07. The molecule has 0 aromatic heterocycles. The fraction of sp³-hybridized carbons (Fsp3) is 0.435. The number of anilines is 1. The lowest BCUT2D eigenvalue weighted by Gasteiger charge is -2.31. The number of likely N-dealkylation sites (tertiary alicyclic amines) is 1. The Morgan fingerprint density at radius 3 is 2.38 bits per heavy atom. The first-order valence-corrected chi connectivity index (χ1v) is 9.86. The van der Waals surface area contributed by atoms with Crippen molar-refractivity contribution in [2.45, 2.75) is 44.6 Å². The van der Waals surface area contributed by atoms with Gasteiger partial charge in [-0.05, 0) is 63.0 Å². The predicted molar refractivity (Wildman–Crippen MR) is 106 cm³/mol. The van der Waals surface area contributed by atoms with Gasteiger partial charge in [0.15, 0.2) is 0 Å². The largest absolute Gasteiger partial charge is 0.307 e. The Balaban J connectivity index is 1.58. The fourth-order valence-corrected chi connectivity index (χ4v) is 4.43. The van der Waals surface area contributed by atoms with E-state index in [2.05, 4.69) is 42.2 Å². The van der Waals surface area contributed by atoms with Crippen LogP contribution in [0.15, 0.2) is 54.6 Å². The summed E-state index contributed by atoms with van der Waals surface area (Å²) in [5, 5.41) is 0. The number of carbonyl (C=O) groups is 1. The van der Waals surface area contributed by atoms with Gasteiger partial charge in [0.05, 0.1) is 12.0 Å². The molecule has 2 aromatic rings. The quantitative estimate of drug-likeness (QED) is 0.801. The van der Waals surface area contributed by atoms with Crippen molar-refractivity contribution in [2.24, 2.45) is 0 Å². The molecule has 3 nitrogen and oxygen atoms in total. The highest BCUT2D eigenvalue weighted by Gasteiger charge is 2.46. The minimum Gasteiger partial charge on any atom is -0.307 e. The van der Waals surface area contributed by atoms with Crippen molar-refractivity contribution in [1.29, 1.82) is 0 Å². The second-order valence-corrected chi connectivity index (χ2v) is 7.88. The van der Waals surface area contributed by atoms with E-state index in [0.29, 0.717) is 6.54 Å². The molecule has 1 atom stereocenters. The van der Waals surface area contributed by atoms with E-state index in [0.717, 1.165) is 18.7 Å². The average Bonchev–Trinajstić information content (AvgIpc) is 2.91. The van der Waals surface area contributed by atoms with Gasteiger partial charge in [-0.2, -0.15) is 0 Å². The lowest BCUT2D eigenvalue weighted by Crippen LogP contribution is -2.41. The highest BCUT2D eigenvalue weighted by Crippen LogP contribution is 2.44. The Kier molecular flexibility index (Phi) is 4.82. The van der Waals surface area contributed by atoms with Crippen molar-refractivity contribution >= 4 is 11.6 Å². The van der Waals surface area contributed by atoms with Gasteiger partial charge >= 0.3 is 0 Å². The van der Waals surface area contributed by atoms with Crippen LogP contribution in [0.25, 0.3) is 0 Å². The van der Waals surface area contributed by atoms with Gasteiger partial charge in [0, 0.05) is 5.69 Å². The van der Waals surface area contributed by atoms with Gasteiger partial charge in [0.1, 0.15) is 0 Å². The van der Waals surface area contributed by atoms with E-state index in [4.69, 9.17) is 0 Å². The summed E-state index contributed by atoms with van der Waals surface area (Å²) < 4.78 is 0. The summed E-state index contributed by atoms with van der Waals surface area (Å²) in [4.78, 5) is 18.0. The summed E-state index contributed by atoms with van der Waals surface area (Å²) in [5.41, 5.74) is 3.04. The lowest BCUT2D eigenvalue weighted by molar-refractivity contribution is -0.123. The predicted octanol–water partition coefficient (Wildman–Crippen LogP) is 4.37. The minimum atomic E-state index is -0.414. The molecule has 0 saturated carbocycles. The standard InChI is InChI=1S/C23H28N2O/c1-23(14-17-24-15-8-3-9-16-24)20-12-6-7-13-21(20)25(22(23)26)18-19-10-4-2-5-11-19/h2,4-7,10-13H,3,8-9,14-18H2,1H3. The monoisotopic (exact) mass is 348 g/mol. The van der Waals surface area contributed by atoms with Crippen LogP contribution in [-0.4, -0.2) is 30.4 Å². The number of piperidine rings is 1. The van der Waals surface area contributed by atoms with Crippen LogP contribution in [0, 0.1) is 0 Å². The molecule has 0 N–H and O–H groups in total. The number of hydrogen-bond acceptors (Lipinski definition) is 2. The molecule has 4 rings (SSSR count).